The molecular weight excluding hydrogens is 262 g/mol. The number of aromatic amines is 1. The van der Waals surface area contributed by atoms with Gasteiger partial charge in [-0.05, 0) is 29.3 Å². The van der Waals surface area contributed by atoms with Crippen LogP contribution >= 0.6 is 0 Å². The number of H-pyrrole nitrogens is 1. The number of aromatic nitrogens is 1. The van der Waals surface area contributed by atoms with Gasteiger partial charge in [-0.1, -0.05) is 36.4 Å². The van der Waals surface area contributed by atoms with Gasteiger partial charge >= 0.3 is 0 Å². The lowest BCUT2D eigenvalue weighted by atomic mass is 10.0. The van der Waals surface area contributed by atoms with Crippen LogP contribution in [0.15, 0.2) is 54.6 Å². The Morgan fingerprint density at radius 1 is 1.05 bits per heavy atom. The predicted molar refractivity (Wildman–Crippen MR) is 85.1 cm³/mol. The first-order chi connectivity index (χ1) is 10.3. The van der Waals surface area contributed by atoms with Crippen molar-refractivity contribution >= 4 is 16.8 Å². The molecule has 3 aromatic rings. The third kappa shape index (κ3) is 2.80. The molecule has 0 aliphatic rings. The van der Waals surface area contributed by atoms with Crippen molar-refractivity contribution in [3.8, 4) is 11.1 Å². The van der Waals surface area contributed by atoms with E-state index >= 15 is 0 Å². The summed E-state index contributed by atoms with van der Waals surface area (Å²) in [6.45, 7) is 0.910. The van der Waals surface area contributed by atoms with Crippen molar-refractivity contribution in [3.63, 3.8) is 0 Å². The topological polar surface area (TPSA) is 70.9 Å². The van der Waals surface area contributed by atoms with Crippen molar-refractivity contribution < 1.29 is 4.79 Å². The van der Waals surface area contributed by atoms with E-state index in [1.54, 1.807) is 0 Å². The van der Waals surface area contributed by atoms with E-state index in [2.05, 4.69) is 34.6 Å². The van der Waals surface area contributed by atoms with Gasteiger partial charge in [0, 0.05) is 24.0 Å². The van der Waals surface area contributed by atoms with Gasteiger partial charge < -0.3 is 16.0 Å². The molecule has 0 aliphatic heterocycles. The zero-order chi connectivity index (χ0) is 14.7. The highest BCUT2D eigenvalue weighted by Crippen LogP contribution is 2.24. The summed E-state index contributed by atoms with van der Waals surface area (Å²) in [6, 6.07) is 18.2. The van der Waals surface area contributed by atoms with Crippen LogP contribution in [0.1, 0.15) is 10.5 Å². The summed E-state index contributed by atoms with van der Waals surface area (Å²) in [5.74, 6) is -0.127. The quantitative estimate of drug-likeness (QED) is 0.686. The van der Waals surface area contributed by atoms with Crippen LogP contribution in [-0.4, -0.2) is 24.0 Å². The number of nitrogens with two attached hydrogens (primary N) is 1. The number of fused-ring (bicyclic) bond motifs is 1. The van der Waals surface area contributed by atoms with E-state index in [9.17, 15) is 4.79 Å². The molecular formula is C17H17N3O. The van der Waals surface area contributed by atoms with Crippen LogP contribution < -0.4 is 11.1 Å². The second-order valence-corrected chi connectivity index (χ2v) is 4.90. The number of nitrogens with one attached hydrogen (secondary N) is 2. The van der Waals surface area contributed by atoms with Crippen LogP contribution in [0.4, 0.5) is 0 Å². The van der Waals surface area contributed by atoms with E-state index in [1.165, 1.54) is 0 Å². The number of carbonyl (C=O) groups is 1. The van der Waals surface area contributed by atoms with E-state index in [-0.39, 0.29) is 5.91 Å². The summed E-state index contributed by atoms with van der Waals surface area (Å²) in [5, 5.41) is 3.78. The van der Waals surface area contributed by atoms with E-state index < -0.39 is 0 Å². The second kappa shape index (κ2) is 5.81. The van der Waals surface area contributed by atoms with Crippen LogP contribution in [0.3, 0.4) is 0 Å². The fraction of sp³-hybridized carbons (Fsp3) is 0.118. The molecule has 2 aromatic carbocycles. The number of hydrogen-bond acceptors (Lipinski definition) is 2. The van der Waals surface area contributed by atoms with Gasteiger partial charge in [-0.15, -0.1) is 0 Å². The van der Waals surface area contributed by atoms with Gasteiger partial charge in [-0.2, -0.15) is 0 Å². The van der Waals surface area contributed by atoms with E-state index in [0.717, 1.165) is 22.0 Å². The molecule has 21 heavy (non-hydrogen) atoms. The van der Waals surface area contributed by atoms with Gasteiger partial charge in [0.25, 0.3) is 5.91 Å². The van der Waals surface area contributed by atoms with E-state index in [0.29, 0.717) is 18.8 Å². The first kappa shape index (κ1) is 13.4. The van der Waals surface area contributed by atoms with Crippen molar-refractivity contribution in [2.24, 2.45) is 5.73 Å². The van der Waals surface area contributed by atoms with Crippen LogP contribution in [0.25, 0.3) is 22.0 Å². The minimum atomic E-state index is -0.127. The highest BCUT2D eigenvalue weighted by atomic mass is 16.1. The van der Waals surface area contributed by atoms with Crippen LogP contribution in [-0.2, 0) is 0 Å². The first-order valence-electron chi connectivity index (χ1n) is 6.94. The fourth-order valence-electron chi connectivity index (χ4n) is 2.35. The summed E-state index contributed by atoms with van der Waals surface area (Å²) in [5.41, 5.74) is 9.20. The summed E-state index contributed by atoms with van der Waals surface area (Å²) in [4.78, 5) is 15.1. The molecule has 1 heterocycles. The number of rotatable bonds is 4. The Morgan fingerprint density at radius 2 is 1.86 bits per heavy atom. The van der Waals surface area contributed by atoms with E-state index in [4.69, 9.17) is 5.73 Å². The first-order valence-corrected chi connectivity index (χ1v) is 6.94. The SMILES string of the molecule is NCCNC(=O)c1cc2cc(-c3ccccc3)ccc2[nH]1. The summed E-state index contributed by atoms with van der Waals surface area (Å²) < 4.78 is 0. The molecule has 0 atom stereocenters. The van der Waals surface area contributed by atoms with Gasteiger partial charge in [0.15, 0.2) is 0 Å². The number of carbonyl (C=O) groups excluding carboxylic acids is 1. The Morgan fingerprint density at radius 3 is 2.62 bits per heavy atom. The standard InChI is InChI=1S/C17H17N3O/c18-8-9-19-17(21)16-11-14-10-13(6-7-15(14)20-16)12-4-2-1-3-5-12/h1-7,10-11,20H,8-9,18H2,(H,19,21). The summed E-state index contributed by atoms with van der Waals surface area (Å²) in [7, 11) is 0. The lowest BCUT2D eigenvalue weighted by molar-refractivity contribution is 0.0950. The maximum Gasteiger partial charge on any atom is 0.267 e. The summed E-state index contributed by atoms with van der Waals surface area (Å²) in [6.07, 6.45) is 0. The van der Waals surface area contributed by atoms with Gasteiger partial charge in [0.05, 0.1) is 0 Å². The number of benzene rings is 2. The molecule has 1 aromatic heterocycles. The molecule has 106 valence electrons. The Labute approximate surface area is 123 Å². The maximum absolute atomic E-state index is 11.9. The average molecular weight is 279 g/mol. The normalized spacial score (nSPS) is 10.7. The maximum atomic E-state index is 11.9. The van der Waals surface area contributed by atoms with Gasteiger partial charge in [-0.25, -0.2) is 0 Å². The highest BCUT2D eigenvalue weighted by Gasteiger charge is 2.09. The Bertz CT molecular complexity index is 762. The molecule has 4 nitrogen and oxygen atoms in total. The van der Waals surface area contributed by atoms with Crippen molar-refractivity contribution in [2.45, 2.75) is 0 Å². The van der Waals surface area contributed by atoms with Crippen LogP contribution in [0, 0.1) is 0 Å². The van der Waals surface area contributed by atoms with Crippen molar-refractivity contribution in [1.29, 1.82) is 0 Å². The monoisotopic (exact) mass is 279 g/mol. The van der Waals surface area contributed by atoms with Crippen molar-refractivity contribution in [2.75, 3.05) is 13.1 Å². The Kier molecular flexibility index (Phi) is 3.71. The molecule has 1 amide bonds. The zero-order valence-corrected chi connectivity index (χ0v) is 11.6. The number of hydrogen-bond donors (Lipinski definition) is 3. The average Bonchev–Trinajstić information content (AvgIpc) is 2.96. The van der Waals surface area contributed by atoms with Crippen molar-refractivity contribution in [3.05, 3.63) is 60.3 Å². The van der Waals surface area contributed by atoms with Gasteiger partial charge in [0.1, 0.15) is 5.69 Å². The number of amides is 1. The molecule has 0 unspecified atom stereocenters. The largest absolute Gasteiger partial charge is 0.351 e. The highest BCUT2D eigenvalue weighted by molar-refractivity contribution is 5.98. The van der Waals surface area contributed by atoms with Gasteiger partial charge in [-0.3, -0.25) is 4.79 Å². The Balaban J connectivity index is 1.94. The minimum absolute atomic E-state index is 0.127. The minimum Gasteiger partial charge on any atom is -0.351 e. The van der Waals surface area contributed by atoms with Crippen LogP contribution in [0.5, 0.6) is 0 Å². The molecule has 0 fully saturated rings. The van der Waals surface area contributed by atoms with Crippen LogP contribution in [0.2, 0.25) is 0 Å². The summed E-state index contributed by atoms with van der Waals surface area (Å²) >= 11 is 0. The molecule has 0 radical (unpaired) electrons. The molecule has 0 spiro atoms. The lowest BCUT2D eigenvalue weighted by Gasteiger charge is -2.00. The Hall–Kier alpha value is -2.59. The third-order valence-corrected chi connectivity index (χ3v) is 3.40. The second-order valence-electron chi connectivity index (χ2n) is 4.90. The smallest absolute Gasteiger partial charge is 0.267 e. The molecule has 0 bridgehead atoms. The van der Waals surface area contributed by atoms with E-state index in [1.807, 2.05) is 30.3 Å². The molecule has 0 saturated carbocycles. The molecule has 3 rings (SSSR count). The predicted octanol–water partition coefficient (Wildman–Crippen LogP) is 2.52. The lowest BCUT2D eigenvalue weighted by Crippen LogP contribution is -2.29. The molecule has 0 aliphatic carbocycles. The van der Waals surface area contributed by atoms with Crippen molar-refractivity contribution in [1.82, 2.24) is 10.3 Å². The molecule has 0 saturated heterocycles. The molecule has 4 heteroatoms. The zero-order valence-electron chi connectivity index (χ0n) is 11.6. The van der Waals surface area contributed by atoms with Gasteiger partial charge in [0.2, 0.25) is 0 Å². The third-order valence-electron chi connectivity index (χ3n) is 3.40. The molecule has 4 N–H and O–H groups in total. The fourth-order valence-corrected chi connectivity index (χ4v) is 2.35.